The Labute approximate surface area is 58.7 Å². The van der Waals surface area contributed by atoms with E-state index in [1.165, 1.54) is 6.20 Å². The van der Waals surface area contributed by atoms with Crippen LogP contribution in [0.25, 0.3) is 0 Å². The Bertz CT molecular complexity index is 227. The minimum absolute atomic E-state index is 0.113. The molecule has 0 spiro atoms. The van der Waals surface area contributed by atoms with E-state index in [4.69, 9.17) is 25.2 Å². The van der Waals surface area contributed by atoms with E-state index in [0.29, 0.717) is 5.46 Å². The van der Waals surface area contributed by atoms with Gasteiger partial charge in [0.25, 0.3) is 0 Å². The van der Waals surface area contributed by atoms with E-state index in [-0.39, 0.29) is 11.1 Å². The fraction of sp³-hybridized carbons (Fsp3) is 0. The van der Waals surface area contributed by atoms with Crippen LogP contribution in [-0.4, -0.2) is 17.8 Å². The minimum Gasteiger partial charge on any atom is -0.384 e. The summed E-state index contributed by atoms with van der Waals surface area (Å²) >= 11 is 5.36. The van der Waals surface area contributed by atoms with Crippen LogP contribution < -0.4 is 11.2 Å². The number of hydrogen-bond donors (Lipinski definition) is 1. The van der Waals surface area contributed by atoms with E-state index in [1.54, 1.807) is 0 Å². The maximum Gasteiger partial charge on any atom is 0.224 e. The number of aromatic nitrogens is 2. The Hall–Kier alpha value is -0.765. The molecular weight excluding hydrogens is 136 g/mol. The summed E-state index contributed by atoms with van der Waals surface area (Å²) in [7, 11) is 5.28. The first-order valence-corrected chi connectivity index (χ1v) is 2.61. The van der Waals surface area contributed by atoms with Crippen molar-refractivity contribution in [2.45, 2.75) is 0 Å². The van der Waals surface area contributed by atoms with E-state index in [2.05, 4.69) is 9.97 Å². The molecule has 0 saturated carbocycles. The average Bonchev–Trinajstić information content (AvgIpc) is 1.80. The van der Waals surface area contributed by atoms with Gasteiger partial charge < -0.3 is 5.73 Å². The lowest BCUT2D eigenvalue weighted by atomic mass is 10.00. The van der Waals surface area contributed by atoms with Crippen LogP contribution in [0.15, 0.2) is 6.20 Å². The van der Waals surface area contributed by atoms with Crippen LogP contribution in [0, 0.1) is 0 Å². The first-order chi connectivity index (χ1) is 4.20. The van der Waals surface area contributed by atoms with Gasteiger partial charge in [-0.05, 0) is 17.1 Å². The van der Waals surface area contributed by atoms with Crippen molar-refractivity contribution in [3.8, 4) is 0 Å². The number of nitrogens with two attached hydrogens (primary N) is 1. The molecule has 44 valence electrons. The molecule has 3 nitrogen and oxygen atoms in total. The predicted molar refractivity (Wildman–Crippen MR) is 36.8 cm³/mol. The normalized spacial score (nSPS) is 9.44. The zero-order valence-electron chi connectivity index (χ0n) is 4.50. The van der Waals surface area contributed by atoms with Gasteiger partial charge in [0.15, 0.2) is 0 Å². The lowest BCUT2D eigenvalue weighted by Crippen LogP contribution is -2.12. The lowest BCUT2D eigenvalue weighted by Gasteiger charge is -1.95. The summed E-state index contributed by atoms with van der Waals surface area (Å²) < 4.78 is 0. The molecule has 0 atom stereocenters. The molecule has 2 N–H and O–H groups in total. The summed E-state index contributed by atoms with van der Waals surface area (Å²) in [5.41, 5.74) is 5.61. The first kappa shape index (κ1) is 6.36. The quantitative estimate of drug-likeness (QED) is 0.390. The molecule has 1 heterocycles. The van der Waals surface area contributed by atoms with E-state index >= 15 is 0 Å². The SMILES string of the molecule is [B]c1cnc(Cl)nc1N. The summed E-state index contributed by atoms with van der Waals surface area (Å²) in [5, 5.41) is 0.113. The second-order valence-electron chi connectivity index (χ2n) is 1.48. The zero-order chi connectivity index (χ0) is 6.85. The van der Waals surface area contributed by atoms with Crippen molar-refractivity contribution in [3.05, 3.63) is 11.5 Å². The molecule has 9 heavy (non-hydrogen) atoms. The van der Waals surface area contributed by atoms with Crippen LogP contribution in [-0.2, 0) is 0 Å². The van der Waals surface area contributed by atoms with Crippen LogP contribution >= 0.6 is 11.6 Å². The molecule has 0 aliphatic heterocycles. The molecule has 0 aromatic carbocycles. The number of halogens is 1. The molecule has 2 radical (unpaired) electrons. The molecule has 1 rings (SSSR count). The number of hydrogen-bond acceptors (Lipinski definition) is 3. The highest BCUT2D eigenvalue weighted by atomic mass is 35.5. The van der Waals surface area contributed by atoms with Crippen molar-refractivity contribution in [1.29, 1.82) is 0 Å². The van der Waals surface area contributed by atoms with Gasteiger partial charge in [0.2, 0.25) is 5.28 Å². The molecule has 5 heteroatoms. The molecule has 0 aliphatic rings. The highest BCUT2D eigenvalue weighted by molar-refractivity contribution is 6.35. The van der Waals surface area contributed by atoms with Gasteiger partial charge in [-0.2, -0.15) is 0 Å². The monoisotopic (exact) mass is 139 g/mol. The Morgan fingerprint density at radius 2 is 2.33 bits per heavy atom. The standard InChI is InChI=1S/C4H3BClN3/c5-2-1-8-4(6)9-3(2)7/h1H,(H2,7,8,9). The highest BCUT2D eigenvalue weighted by Gasteiger charge is 1.94. The summed E-state index contributed by atoms with van der Waals surface area (Å²) in [6.07, 6.45) is 1.37. The Kier molecular flexibility index (Phi) is 1.57. The van der Waals surface area contributed by atoms with E-state index in [1.807, 2.05) is 0 Å². The minimum atomic E-state index is 0.113. The van der Waals surface area contributed by atoms with E-state index < -0.39 is 0 Å². The summed E-state index contributed by atoms with van der Waals surface area (Å²) in [4.78, 5) is 7.17. The van der Waals surface area contributed by atoms with Crippen LogP contribution in [0.4, 0.5) is 5.82 Å². The van der Waals surface area contributed by atoms with E-state index in [9.17, 15) is 0 Å². The van der Waals surface area contributed by atoms with Crippen LogP contribution in [0.2, 0.25) is 5.28 Å². The Balaban J connectivity index is 3.17. The van der Waals surface area contributed by atoms with Crippen LogP contribution in [0.3, 0.4) is 0 Å². The number of nitrogens with zero attached hydrogens (tertiary/aromatic N) is 2. The topological polar surface area (TPSA) is 51.8 Å². The molecule has 0 bridgehead atoms. The van der Waals surface area contributed by atoms with Crippen molar-refractivity contribution in [2.75, 3.05) is 5.73 Å². The molecule has 0 aliphatic carbocycles. The third-order valence-electron chi connectivity index (χ3n) is 0.819. The van der Waals surface area contributed by atoms with Gasteiger partial charge >= 0.3 is 0 Å². The van der Waals surface area contributed by atoms with Gasteiger partial charge in [0.05, 0.1) is 0 Å². The first-order valence-electron chi connectivity index (χ1n) is 2.23. The van der Waals surface area contributed by atoms with Crippen molar-refractivity contribution in [2.24, 2.45) is 0 Å². The largest absolute Gasteiger partial charge is 0.384 e. The predicted octanol–water partition coefficient (Wildman–Crippen LogP) is -0.494. The smallest absolute Gasteiger partial charge is 0.224 e. The highest BCUT2D eigenvalue weighted by Crippen LogP contribution is 1.97. The average molecular weight is 139 g/mol. The van der Waals surface area contributed by atoms with Crippen molar-refractivity contribution in [3.63, 3.8) is 0 Å². The zero-order valence-corrected chi connectivity index (χ0v) is 5.26. The van der Waals surface area contributed by atoms with Gasteiger partial charge in [-0.3, -0.25) is 0 Å². The Morgan fingerprint density at radius 1 is 1.67 bits per heavy atom. The van der Waals surface area contributed by atoms with Crippen molar-refractivity contribution >= 4 is 30.7 Å². The molecule has 1 aromatic heterocycles. The fourth-order valence-electron chi connectivity index (χ4n) is 0.382. The number of nitrogen functional groups attached to an aromatic ring is 1. The summed E-state index contributed by atoms with van der Waals surface area (Å²) in [5.74, 6) is 0.218. The van der Waals surface area contributed by atoms with Crippen LogP contribution in [0.1, 0.15) is 0 Å². The molecule has 0 fully saturated rings. The van der Waals surface area contributed by atoms with Crippen molar-refractivity contribution < 1.29 is 0 Å². The van der Waals surface area contributed by atoms with Gasteiger partial charge in [0, 0.05) is 6.20 Å². The van der Waals surface area contributed by atoms with Gasteiger partial charge in [-0.15, -0.1) is 0 Å². The van der Waals surface area contributed by atoms with Crippen molar-refractivity contribution in [1.82, 2.24) is 9.97 Å². The fourth-order valence-corrected chi connectivity index (χ4v) is 0.522. The van der Waals surface area contributed by atoms with Gasteiger partial charge in [-0.25, -0.2) is 9.97 Å². The molecule has 1 aromatic rings. The molecule has 0 saturated heterocycles. The second kappa shape index (κ2) is 2.23. The number of rotatable bonds is 0. The molecule has 0 unspecified atom stereocenters. The Morgan fingerprint density at radius 3 is 2.78 bits per heavy atom. The maximum atomic E-state index is 5.36. The molecular formula is C4H3BClN3. The van der Waals surface area contributed by atoms with Gasteiger partial charge in [-0.1, -0.05) is 0 Å². The second-order valence-corrected chi connectivity index (χ2v) is 1.82. The van der Waals surface area contributed by atoms with E-state index in [0.717, 1.165) is 0 Å². The third kappa shape index (κ3) is 1.32. The summed E-state index contributed by atoms with van der Waals surface area (Å²) in [6.45, 7) is 0. The maximum absolute atomic E-state index is 5.36. The third-order valence-corrected chi connectivity index (χ3v) is 1.00. The lowest BCUT2D eigenvalue weighted by molar-refractivity contribution is 1.19. The summed E-state index contributed by atoms with van der Waals surface area (Å²) in [6, 6.07) is 0. The van der Waals surface area contributed by atoms with Gasteiger partial charge in [0.1, 0.15) is 13.7 Å². The number of anilines is 1. The van der Waals surface area contributed by atoms with Crippen LogP contribution in [0.5, 0.6) is 0 Å². The molecule has 0 amide bonds.